The molecule has 0 aliphatic carbocycles. The van der Waals surface area contributed by atoms with Gasteiger partial charge < -0.3 is 27.4 Å². The summed E-state index contributed by atoms with van der Waals surface area (Å²) in [5.41, 5.74) is 15.0. The van der Waals surface area contributed by atoms with Crippen LogP contribution < -0.4 is 17.2 Å². The van der Waals surface area contributed by atoms with E-state index in [9.17, 15) is 0 Å². The molecule has 1 rings (SSSR count). The van der Waals surface area contributed by atoms with Gasteiger partial charge in [0.2, 0.25) is 0 Å². The van der Waals surface area contributed by atoms with Crippen LogP contribution in [0.1, 0.15) is 0 Å². The lowest BCUT2D eigenvalue weighted by Gasteiger charge is -1.83. The lowest BCUT2D eigenvalue weighted by atomic mass is 10.3. The van der Waals surface area contributed by atoms with Gasteiger partial charge in [-0.3, -0.25) is 0 Å². The van der Waals surface area contributed by atoms with Gasteiger partial charge in [-0.05, 0) is 36.6 Å². The third-order valence-electron chi connectivity index (χ3n) is 0.800. The summed E-state index contributed by atoms with van der Waals surface area (Å²) in [5.74, 6) is 0. The zero-order valence-electron chi connectivity index (χ0n) is 7.83. The molecule has 0 spiro atoms. The van der Waals surface area contributed by atoms with Gasteiger partial charge in [-0.15, -0.1) is 0 Å². The third kappa shape index (κ3) is 32.7. The molecular weight excluding hydrogens is 234 g/mol. The van der Waals surface area contributed by atoms with Gasteiger partial charge in [-0.1, -0.05) is 18.2 Å². The van der Waals surface area contributed by atoms with E-state index in [1.54, 1.807) is 0 Å². The molecule has 1 aromatic rings. The van der Waals surface area contributed by atoms with Gasteiger partial charge in [-0.2, -0.15) is 0 Å². The van der Waals surface area contributed by atoms with Crippen molar-refractivity contribution in [1.29, 1.82) is 0 Å². The molecule has 0 heterocycles. The number of anilines is 1. The predicted molar refractivity (Wildman–Crippen MR) is 69.7 cm³/mol. The van der Waals surface area contributed by atoms with E-state index < -0.39 is 10.3 Å². The molecule has 7 heteroatoms. The molecule has 0 radical (unpaired) electrons. The predicted octanol–water partition coefficient (Wildman–Crippen LogP) is 0.845. The van der Waals surface area contributed by atoms with Crippen molar-refractivity contribution in [1.82, 2.24) is 0 Å². The number of hydrogen-bond acceptors (Lipinski definition) is 3. The van der Waals surface area contributed by atoms with Gasteiger partial charge in [0.25, 0.3) is 10.3 Å². The Labute approximate surface area is 98.5 Å². The maximum Gasteiger partial charge on any atom is 0.251 e. The average Bonchev–Trinajstić information content (AvgIpc) is 2.03. The number of nitrogen functional groups attached to an aromatic ring is 1. The van der Waals surface area contributed by atoms with E-state index in [-0.39, 0.29) is 0 Å². The van der Waals surface area contributed by atoms with Crippen molar-refractivity contribution in [3.05, 3.63) is 30.3 Å². The fourth-order valence-corrected chi connectivity index (χ4v) is 0.453. The van der Waals surface area contributed by atoms with Gasteiger partial charge in [0.1, 0.15) is 0 Å². The Bertz CT molecular complexity index is 273. The number of thiocarbonyl (C=S) groups is 2. The molecular formula is C8H13N3O2S2. The number of aliphatic hydroxyl groups is 2. The van der Waals surface area contributed by atoms with Crippen LogP contribution in [0.15, 0.2) is 30.3 Å². The van der Waals surface area contributed by atoms with Crippen molar-refractivity contribution in [3.63, 3.8) is 0 Å². The van der Waals surface area contributed by atoms with Crippen LogP contribution in [0.3, 0.4) is 0 Å². The van der Waals surface area contributed by atoms with Crippen molar-refractivity contribution in [3.8, 4) is 0 Å². The number of benzene rings is 1. The van der Waals surface area contributed by atoms with Crippen LogP contribution >= 0.6 is 24.4 Å². The van der Waals surface area contributed by atoms with Crippen LogP contribution in [0.25, 0.3) is 0 Å². The molecule has 0 saturated heterocycles. The third-order valence-corrected chi connectivity index (χ3v) is 0.800. The van der Waals surface area contributed by atoms with Crippen LogP contribution in [0.5, 0.6) is 0 Å². The van der Waals surface area contributed by atoms with Crippen LogP contribution in [-0.4, -0.2) is 20.6 Å². The molecule has 1 aromatic carbocycles. The smallest absolute Gasteiger partial charge is 0.251 e. The lowest BCUT2D eigenvalue weighted by molar-refractivity contribution is 0.559. The molecule has 0 fully saturated rings. The van der Waals surface area contributed by atoms with Crippen LogP contribution in [0.2, 0.25) is 0 Å². The zero-order chi connectivity index (χ0) is 12.3. The highest BCUT2D eigenvalue weighted by atomic mass is 32.1. The normalized spacial score (nSPS) is 7.20. The summed E-state index contributed by atoms with van der Waals surface area (Å²) in [7, 11) is 0. The summed E-state index contributed by atoms with van der Waals surface area (Å²) < 4.78 is 0. The van der Waals surface area contributed by atoms with Gasteiger partial charge in [0.05, 0.1) is 0 Å². The van der Waals surface area contributed by atoms with E-state index in [0.717, 1.165) is 5.69 Å². The minimum absolute atomic E-state index is 0.500. The fourth-order valence-electron chi connectivity index (χ4n) is 0.453. The second kappa shape index (κ2) is 10.5. The first-order valence-corrected chi connectivity index (χ1v) is 4.45. The van der Waals surface area contributed by atoms with Gasteiger partial charge in [0, 0.05) is 5.69 Å². The highest BCUT2D eigenvalue weighted by Crippen LogP contribution is 1.95. The van der Waals surface area contributed by atoms with Gasteiger partial charge in [-0.25, -0.2) is 0 Å². The van der Waals surface area contributed by atoms with Crippen molar-refractivity contribution in [2.75, 3.05) is 5.73 Å². The Morgan fingerprint density at radius 1 is 0.933 bits per heavy atom. The largest absolute Gasteiger partial charge is 0.487 e. The van der Waals surface area contributed by atoms with Crippen molar-refractivity contribution >= 4 is 40.5 Å². The monoisotopic (exact) mass is 247 g/mol. The maximum absolute atomic E-state index is 7.56. The SMILES string of the molecule is NC(O)=S.NC(O)=S.Nc1ccccc1. The highest BCUT2D eigenvalue weighted by molar-refractivity contribution is 7.80. The number of para-hydroxylation sites is 1. The van der Waals surface area contributed by atoms with Crippen LogP contribution in [0, 0.1) is 0 Å². The first-order chi connectivity index (χ1) is 6.86. The molecule has 0 bridgehead atoms. The minimum Gasteiger partial charge on any atom is -0.487 e. The molecule has 0 atom stereocenters. The Kier molecular flexibility index (Phi) is 11.1. The van der Waals surface area contributed by atoms with E-state index in [2.05, 4.69) is 35.9 Å². The lowest BCUT2D eigenvalue weighted by Crippen LogP contribution is -2.03. The first-order valence-electron chi connectivity index (χ1n) is 3.63. The number of aliphatic hydroxyl groups excluding tert-OH is 2. The second-order valence-corrected chi connectivity index (χ2v) is 2.92. The summed E-state index contributed by atoms with van der Waals surface area (Å²) in [6.45, 7) is 0. The molecule has 5 nitrogen and oxygen atoms in total. The number of rotatable bonds is 0. The molecule has 0 amide bonds. The zero-order valence-corrected chi connectivity index (χ0v) is 9.46. The Hall–Kier alpha value is -1.60. The molecule has 15 heavy (non-hydrogen) atoms. The Morgan fingerprint density at radius 2 is 1.20 bits per heavy atom. The minimum atomic E-state index is -0.500. The topological polar surface area (TPSA) is 119 Å². The van der Waals surface area contributed by atoms with E-state index in [0.29, 0.717) is 0 Å². The molecule has 8 N–H and O–H groups in total. The maximum atomic E-state index is 7.56. The van der Waals surface area contributed by atoms with Crippen molar-refractivity contribution < 1.29 is 10.2 Å². The molecule has 84 valence electrons. The van der Waals surface area contributed by atoms with E-state index >= 15 is 0 Å². The average molecular weight is 247 g/mol. The Morgan fingerprint density at radius 3 is 1.33 bits per heavy atom. The highest BCUT2D eigenvalue weighted by Gasteiger charge is 1.72. The fraction of sp³-hybridized carbons (Fsp3) is 0. The first kappa shape index (κ1) is 15.9. The van der Waals surface area contributed by atoms with Crippen LogP contribution in [-0.2, 0) is 0 Å². The summed E-state index contributed by atoms with van der Waals surface area (Å²) in [5, 5.41) is 14.1. The standard InChI is InChI=1S/C6H7N.2CH3NOS/c7-6-4-2-1-3-5-6;2*2-1(3)4/h1-5H,7H2;2*(H3,2,3,4). The van der Waals surface area contributed by atoms with Crippen LogP contribution in [0.4, 0.5) is 5.69 Å². The molecule has 0 saturated carbocycles. The van der Waals surface area contributed by atoms with Crippen molar-refractivity contribution in [2.24, 2.45) is 11.5 Å². The Balaban J connectivity index is 0. The molecule has 0 aromatic heterocycles. The molecule has 0 aliphatic rings. The van der Waals surface area contributed by atoms with Crippen molar-refractivity contribution in [2.45, 2.75) is 0 Å². The number of nitrogens with two attached hydrogens (primary N) is 3. The summed E-state index contributed by atoms with van der Waals surface area (Å²) in [6.07, 6.45) is 0. The van der Waals surface area contributed by atoms with E-state index in [1.807, 2.05) is 30.3 Å². The second-order valence-electron chi connectivity index (χ2n) is 2.09. The summed E-state index contributed by atoms with van der Waals surface area (Å²) >= 11 is 7.74. The van der Waals surface area contributed by atoms with E-state index in [4.69, 9.17) is 15.9 Å². The summed E-state index contributed by atoms with van der Waals surface area (Å²) in [6, 6.07) is 9.49. The molecule has 0 aliphatic heterocycles. The number of hydrogen-bond donors (Lipinski definition) is 5. The molecule has 0 unspecified atom stereocenters. The van der Waals surface area contributed by atoms with Gasteiger partial charge in [0.15, 0.2) is 0 Å². The van der Waals surface area contributed by atoms with Gasteiger partial charge >= 0.3 is 0 Å². The summed E-state index contributed by atoms with van der Waals surface area (Å²) in [4.78, 5) is 0. The quantitative estimate of drug-likeness (QED) is 0.340. The van der Waals surface area contributed by atoms with E-state index in [1.165, 1.54) is 0 Å².